The highest BCUT2D eigenvalue weighted by atomic mass is 16.5. The molecule has 0 radical (unpaired) electrons. The quantitative estimate of drug-likeness (QED) is 0.373. The van der Waals surface area contributed by atoms with E-state index >= 15 is 0 Å². The van der Waals surface area contributed by atoms with E-state index in [0.717, 1.165) is 60.5 Å². The number of rotatable bonds is 10. The molecule has 0 N–H and O–H groups in total. The van der Waals surface area contributed by atoms with Crippen molar-refractivity contribution < 1.29 is 9.53 Å². The molecule has 2 aromatic rings. The normalized spacial score (nSPS) is 16.3. The van der Waals surface area contributed by atoms with E-state index in [1.165, 1.54) is 43.5 Å². The third kappa shape index (κ3) is 5.72. The minimum Gasteiger partial charge on any atom is -0.494 e. The first-order chi connectivity index (χ1) is 16.5. The van der Waals surface area contributed by atoms with Gasteiger partial charge in [0.2, 0.25) is 5.91 Å². The first-order valence-electron chi connectivity index (χ1n) is 13.1. The maximum absolute atomic E-state index is 13.0. The molecule has 1 amide bonds. The van der Waals surface area contributed by atoms with Crippen LogP contribution in [0.3, 0.4) is 0 Å². The van der Waals surface area contributed by atoms with Crippen molar-refractivity contribution in [1.82, 2.24) is 4.90 Å². The van der Waals surface area contributed by atoms with Crippen LogP contribution in [0.5, 0.6) is 5.75 Å². The van der Waals surface area contributed by atoms with E-state index in [2.05, 4.69) is 62.6 Å². The van der Waals surface area contributed by atoms with Crippen LogP contribution in [0.25, 0.3) is 17.2 Å². The van der Waals surface area contributed by atoms with E-state index in [0.29, 0.717) is 6.54 Å². The molecule has 0 atom stereocenters. The van der Waals surface area contributed by atoms with Crippen molar-refractivity contribution >= 4 is 17.7 Å². The molecule has 2 aromatic carbocycles. The maximum atomic E-state index is 13.0. The summed E-state index contributed by atoms with van der Waals surface area (Å²) in [6, 6.07) is 10.7. The third-order valence-electron chi connectivity index (χ3n) is 7.28. The highest BCUT2D eigenvalue weighted by Gasteiger charge is 2.34. The minimum atomic E-state index is 0.197. The van der Waals surface area contributed by atoms with E-state index in [1.807, 2.05) is 11.0 Å². The van der Waals surface area contributed by atoms with Gasteiger partial charge in [-0.1, -0.05) is 25.1 Å². The summed E-state index contributed by atoms with van der Waals surface area (Å²) in [5.74, 6) is 1.38. The zero-order valence-electron chi connectivity index (χ0n) is 21.2. The molecule has 0 spiro atoms. The van der Waals surface area contributed by atoms with Crippen LogP contribution >= 0.6 is 0 Å². The molecule has 182 valence electrons. The van der Waals surface area contributed by atoms with Gasteiger partial charge in [0, 0.05) is 24.7 Å². The van der Waals surface area contributed by atoms with Crippen molar-refractivity contribution in [3.8, 4) is 16.9 Å². The second-order valence-corrected chi connectivity index (χ2v) is 9.85. The van der Waals surface area contributed by atoms with Gasteiger partial charge in [0.15, 0.2) is 0 Å². The van der Waals surface area contributed by atoms with Gasteiger partial charge in [-0.2, -0.15) is 0 Å². The molecule has 4 nitrogen and oxygen atoms in total. The Morgan fingerprint density at radius 1 is 1.15 bits per heavy atom. The largest absolute Gasteiger partial charge is 0.494 e. The topological polar surface area (TPSA) is 32.8 Å². The number of ether oxygens (including phenoxy) is 1. The van der Waals surface area contributed by atoms with Crippen LogP contribution in [0.4, 0.5) is 5.69 Å². The lowest BCUT2D eigenvalue weighted by atomic mass is 9.94. The Labute approximate surface area is 205 Å². The molecule has 1 aliphatic carbocycles. The maximum Gasteiger partial charge on any atom is 0.230 e. The monoisotopic (exact) mass is 460 g/mol. The van der Waals surface area contributed by atoms with Crippen LogP contribution in [0, 0.1) is 19.8 Å². The number of benzene rings is 2. The number of carbonyl (C=O) groups excluding carboxylic acids is 1. The number of likely N-dealkylation sites (tertiary alicyclic amines) is 1. The summed E-state index contributed by atoms with van der Waals surface area (Å²) >= 11 is 0. The Hall–Kier alpha value is -2.59. The summed E-state index contributed by atoms with van der Waals surface area (Å²) in [6.07, 6.45) is 9.03. The van der Waals surface area contributed by atoms with Crippen molar-refractivity contribution in [1.29, 1.82) is 0 Å². The molecule has 1 heterocycles. The SMILES string of the molecule is C=Cc1cc(-c2ccc(OCCCN3CCCCC3)cc2C)cc(N(CC)C(=O)C2CC2)c1C. The lowest BCUT2D eigenvalue weighted by Crippen LogP contribution is -2.32. The Bertz CT molecular complexity index is 1020. The average molecular weight is 461 g/mol. The average Bonchev–Trinajstić information content (AvgIpc) is 3.70. The van der Waals surface area contributed by atoms with Crippen molar-refractivity contribution in [3.63, 3.8) is 0 Å². The molecule has 1 saturated carbocycles. The number of piperidine rings is 1. The van der Waals surface area contributed by atoms with Crippen molar-refractivity contribution in [2.75, 3.05) is 37.7 Å². The Morgan fingerprint density at radius 2 is 1.91 bits per heavy atom. The van der Waals surface area contributed by atoms with Gasteiger partial charge in [-0.3, -0.25) is 4.79 Å². The lowest BCUT2D eigenvalue weighted by molar-refractivity contribution is -0.119. The second kappa shape index (κ2) is 11.2. The van der Waals surface area contributed by atoms with Crippen LogP contribution in [0.15, 0.2) is 36.9 Å². The van der Waals surface area contributed by atoms with E-state index in [4.69, 9.17) is 4.74 Å². The molecule has 2 aliphatic rings. The van der Waals surface area contributed by atoms with Gasteiger partial charge < -0.3 is 14.5 Å². The van der Waals surface area contributed by atoms with Gasteiger partial charge in [0.1, 0.15) is 5.75 Å². The van der Waals surface area contributed by atoms with Crippen LogP contribution in [0.2, 0.25) is 0 Å². The highest BCUT2D eigenvalue weighted by molar-refractivity contribution is 5.98. The van der Waals surface area contributed by atoms with E-state index in [9.17, 15) is 4.79 Å². The Kier molecular flexibility index (Phi) is 8.10. The highest BCUT2D eigenvalue weighted by Crippen LogP contribution is 2.37. The third-order valence-corrected chi connectivity index (χ3v) is 7.28. The molecule has 0 bridgehead atoms. The second-order valence-electron chi connectivity index (χ2n) is 9.85. The number of hydrogen-bond donors (Lipinski definition) is 0. The van der Waals surface area contributed by atoms with Gasteiger partial charge in [-0.05, 0) is 118 Å². The molecule has 0 aromatic heterocycles. The fourth-order valence-corrected chi connectivity index (χ4v) is 5.08. The first-order valence-corrected chi connectivity index (χ1v) is 13.1. The van der Waals surface area contributed by atoms with Gasteiger partial charge in [0.05, 0.1) is 6.61 Å². The van der Waals surface area contributed by atoms with Crippen molar-refractivity contribution in [2.45, 2.75) is 59.3 Å². The lowest BCUT2D eigenvalue weighted by Gasteiger charge is -2.26. The molecule has 2 fully saturated rings. The molecule has 4 heteroatoms. The summed E-state index contributed by atoms with van der Waals surface area (Å²) in [5.41, 5.74) is 6.65. The van der Waals surface area contributed by atoms with E-state index in [1.54, 1.807) is 0 Å². The fourth-order valence-electron chi connectivity index (χ4n) is 5.08. The number of aryl methyl sites for hydroxylation is 1. The standard InChI is InChI=1S/C30H40N2O2/c1-5-24-20-26(21-29(23(24)4)32(6-2)30(33)25-11-12-25)28-14-13-27(19-22(28)3)34-18-10-17-31-15-8-7-9-16-31/h5,13-14,19-21,25H,1,6-12,15-18H2,2-4H3. The summed E-state index contributed by atoms with van der Waals surface area (Å²) in [6.45, 7) is 15.3. The zero-order valence-corrected chi connectivity index (χ0v) is 21.2. The Balaban J connectivity index is 1.49. The number of nitrogens with zero attached hydrogens (tertiary/aromatic N) is 2. The molecular formula is C30H40N2O2. The molecule has 1 saturated heterocycles. The summed E-state index contributed by atoms with van der Waals surface area (Å²) in [5, 5.41) is 0. The van der Waals surface area contributed by atoms with Gasteiger partial charge in [0.25, 0.3) is 0 Å². The van der Waals surface area contributed by atoms with Gasteiger partial charge in [-0.15, -0.1) is 0 Å². The number of carbonyl (C=O) groups is 1. The fraction of sp³-hybridized carbons (Fsp3) is 0.500. The smallest absolute Gasteiger partial charge is 0.230 e. The van der Waals surface area contributed by atoms with Gasteiger partial charge in [-0.25, -0.2) is 0 Å². The zero-order chi connectivity index (χ0) is 24.1. The Morgan fingerprint density at radius 3 is 2.56 bits per heavy atom. The predicted octanol–water partition coefficient (Wildman–Crippen LogP) is 6.63. The van der Waals surface area contributed by atoms with E-state index in [-0.39, 0.29) is 11.8 Å². The summed E-state index contributed by atoms with van der Waals surface area (Å²) in [7, 11) is 0. The molecule has 1 aliphatic heterocycles. The molecular weight excluding hydrogens is 420 g/mol. The molecule has 4 rings (SSSR count). The van der Waals surface area contributed by atoms with Crippen molar-refractivity contribution in [2.24, 2.45) is 5.92 Å². The number of amides is 1. The summed E-state index contributed by atoms with van der Waals surface area (Å²) < 4.78 is 6.08. The first kappa shape index (κ1) is 24.5. The van der Waals surface area contributed by atoms with Crippen LogP contribution in [-0.4, -0.2) is 43.6 Å². The van der Waals surface area contributed by atoms with Crippen LogP contribution < -0.4 is 9.64 Å². The van der Waals surface area contributed by atoms with Gasteiger partial charge >= 0.3 is 0 Å². The molecule has 34 heavy (non-hydrogen) atoms. The number of hydrogen-bond acceptors (Lipinski definition) is 3. The summed E-state index contributed by atoms with van der Waals surface area (Å²) in [4.78, 5) is 17.5. The van der Waals surface area contributed by atoms with Crippen LogP contribution in [0.1, 0.15) is 62.1 Å². The molecule has 0 unspecified atom stereocenters. The van der Waals surface area contributed by atoms with Crippen LogP contribution in [-0.2, 0) is 4.79 Å². The van der Waals surface area contributed by atoms with Crippen molar-refractivity contribution in [3.05, 3.63) is 53.6 Å². The van der Waals surface area contributed by atoms with E-state index < -0.39 is 0 Å². The number of anilines is 1. The predicted molar refractivity (Wildman–Crippen MR) is 143 cm³/mol. The minimum absolute atomic E-state index is 0.197.